The molecule has 17 heavy (non-hydrogen) atoms. The second kappa shape index (κ2) is 5.41. The molecule has 2 rings (SSSR count). The molecule has 94 valence electrons. The zero-order chi connectivity index (χ0) is 12.3. The maximum atomic E-state index is 10.1. The molecule has 0 amide bonds. The summed E-state index contributed by atoms with van der Waals surface area (Å²) in [6.07, 6.45) is 3.70. The van der Waals surface area contributed by atoms with Crippen molar-refractivity contribution in [1.82, 2.24) is 0 Å². The van der Waals surface area contributed by atoms with Crippen molar-refractivity contribution in [3.63, 3.8) is 0 Å². The Bertz CT molecular complexity index is 376. The van der Waals surface area contributed by atoms with Crippen LogP contribution < -0.4 is 9.47 Å². The van der Waals surface area contributed by atoms with Crippen LogP contribution in [0, 0.1) is 0 Å². The Morgan fingerprint density at radius 1 is 1.47 bits per heavy atom. The summed E-state index contributed by atoms with van der Waals surface area (Å²) in [5.74, 6) is 1.56. The molecule has 2 unspecified atom stereocenters. The van der Waals surface area contributed by atoms with E-state index in [2.05, 4.69) is 6.92 Å². The fraction of sp³-hybridized carbons (Fsp3) is 0.571. The summed E-state index contributed by atoms with van der Waals surface area (Å²) < 4.78 is 11.0. The number of methoxy groups -OCH3 is 1. The number of aliphatic hydroxyl groups excluding tert-OH is 1. The monoisotopic (exact) mass is 236 g/mol. The van der Waals surface area contributed by atoms with Gasteiger partial charge in [-0.15, -0.1) is 0 Å². The van der Waals surface area contributed by atoms with E-state index in [1.54, 1.807) is 7.11 Å². The van der Waals surface area contributed by atoms with E-state index in [4.69, 9.17) is 9.47 Å². The van der Waals surface area contributed by atoms with E-state index in [-0.39, 0.29) is 6.10 Å². The predicted molar refractivity (Wildman–Crippen MR) is 66.5 cm³/mol. The summed E-state index contributed by atoms with van der Waals surface area (Å²) in [6.45, 7) is 2.16. The van der Waals surface area contributed by atoms with Gasteiger partial charge in [-0.2, -0.15) is 0 Å². The van der Waals surface area contributed by atoms with Gasteiger partial charge >= 0.3 is 0 Å². The van der Waals surface area contributed by atoms with Gasteiger partial charge in [0.2, 0.25) is 0 Å². The van der Waals surface area contributed by atoms with Crippen molar-refractivity contribution < 1.29 is 14.6 Å². The first-order chi connectivity index (χ1) is 8.24. The van der Waals surface area contributed by atoms with Gasteiger partial charge in [0.25, 0.3) is 0 Å². The number of hydrogen-bond acceptors (Lipinski definition) is 3. The van der Waals surface area contributed by atoms with E-state index in [0.717, 1.165) is 36.3 Å². The fourth-order valence-electron chi connectivity index (χ4n) is 2.23. The zero-order valence-corrected chi connectivity index (χ0v) is 10.5. The summed E-state index contributed by atoms with van der Waals surface area (Å²) in [4.78, 5) is 0. The highest BCUT2D eigenvalue weighted by molar-refractivity contribution is 5.43. The molecular weight excluding hydrogens is 216 g/mol. The number of aliphatic hydroxyl groups is 1. The van der Waals surface area contributed by atoms with Gasteiger partial charge in [-0.1, -0.05) is 19.8 Å². The number of hydrogen-bond donors (Lipinski definition) is 1. The third-order valence-electron chi connectivity index (χ3n) is 3.24. The summed E-state index contributed by atoms with van der Waals surface area (Å²) in [7, 11) is 1.63. The maximum absolute atomic E-state index is 10.1. The minimum absolute atomic E-state index is 0.144. The van der Waals surface area contributed by atoms with E-state index in [0.29, 0.717) is 6.42 Å². The number of fused-ring (bicyclic) bond motifs is 1. The highest BCUT2D eigenvalue weighted by atomic mass is 16.5. The summed E-state index contributed by atoms with van der Waals surface area (Å²) in [5, 5.41) is 10.1. The average molecular weight is 236 g/mol. The number of unbranched alkanes of at least 4 members (excludes halogenated alkanes) is 1. The molecule has 1 aromatic carbocycles. The molecule has 1 N–H and O–H groups in total. The molecule has 0 aliphatic carbocycles. The standard InChI is InChI=1S/C14H20O3/c1-3-4-5-11-9-13(15)12-8-10(16-2)6-7-14(12)17-11/h6-8,11,13,15H,3-5,9H2,1-2H3. The van der Waals surface area contributed by atoms with E-state index < -0.39 is 6.10 Å². The van der Waals surface area contributed by atoms with Crippen LogP contribution in [0.3, 0.4) is 0 Å². The SMILES string of the molecule is CCCCC1CC(O)c2cc(OC)ccc2O1. The predicted octanol–water partition coefficient (Wildman–Crippen LogP) is 3.07. The Morgan fingerprint density at radius 3 is 3.00 bits per heavy atom. The lowest BCUT2D eigenvalue weighted by Gasteiger charge is -2.29. The Labute approximate surface area is 102 Å². The second-order valence-corrected chi connectivity index (χ2v) is 4.54. The van der Waals surface area contributed by atoms with Crippen molar-refractivity contribution in [1.29, 1.82) is 0 Å². The quantitative estimate of drug-likeness (QED) is 0.873. The molecule has 0 bridgehead atoms. The molecule has 1 aliphatic rings. The van der Waals surface area contributed by atoms with Crippen LogP contribution in [0.4, 0.5) is 0 Å². The summed E-state index contributed by atoms with van der Waals surface area (Å²) in [6, 6.07) is 5.61. The van der Waals surface area contributed by atoms with Gasteiger partial charge in [-0.05, 0) is 24.6 Å². The van der Waals surface area contributed by atoms with Gasteiger partial charge in [0.05, 0.1) is 13.2 Å². The molecule has 1 aliphatic heterocycles. The largest absolute Gasteiger partial charge is 0.497 e. The van der Waals surface area contributed by atoms with Crippen molar-refractivity contribution in [2.24, 2.45) is 0 Å². The van der Waals surface area contributed by atoms with Crippen LogP contribution >= 0.6 is 0 Å². The molecule has 1 heterocycles. The van der Waals surface area contributed by atoms with Gasteiger partial charge in [-0.25, -0.2) is 0 Å². The molecule has 0 spiro atoms. The Morgan fingerprint density at radius 2 is 2.29 bits per heavy atom. The molecule has 3 heteroatoms. The van der Waals surface area contributed by atoms with Gasteiger partial charge in [0.1, 0.15) is 17.6 Å². The first kappa shape index (κ1) is 12.2. The minimum Gasteiger partial charge on any atom is -0.497 e. The minimum atomic E-state index is -0.435. The van der Waals surface area contributed by atoms with Gasteiger partial charge in [0.15, 0.2) is 0 Å². The molecule has 0 saturated carbocycles. The van der Waals surface area contributed by atoms with E-state index >= 15 is 0 Å². The van der Waals surface area contributed by atoms with Crippen molar-refractivity contribution in [2.45, 2.75) is 44.8 Å². The third-order valence-corrected chi connectivity index (χ3v) is 3.24. The van der Waals surface area contributed by atoms with Crippen LogP contribution in [0.5, 0.6) is 11.5 Å². The fourth-order valence-corrected chi connectivity index (χ4v) is 2.23. The van der Waals surface area contributed by atoms with Crippen molar-refractivity contribution in [3.05, 3.63) is 23.8 Å². The van der Waals surface area contributed by atoms with Gasteiger partial charge in [0, 0.05) is 12.0 Å². The highest BCUT2D eigenvalue weighted by Crippen LogP contribution is 2.38. The number of ether oxygens (including phenoxy) is 2. The lowest BCUT2D eigenvalue weighted by atomic mass is 9.96. The molecule has 0 fully saturated rings. The Hall–Kier alpha value is -1.22. The topological polar surface area (TPSA) is 38.7 Å². The van der Waals surface area contributed by atoms with Crippen molar-refractivity contribution >= 4 is 0 Å². The number of benzene rings is 1. The second-order valence-electron chi connectivity index (χ2n) is 4.54. The summed E-state index contributed by atoms with van der Waals surface area (Å²) >= 11 is 0. The molecular formula is C14H20O3. The average Bonchev–Trinajstić information content (AvgIpc) is 2.36. The molecule has 1 aromatic rings. The van der Waals surface area contributed by atoms with Crippen LogP contribution in [0.2, 0.25) is 0 Å². The highest BCUT2D eigenvalue weighted by Gasteiger charge is 2.26. The lowest BCUT2D eigenvalue weighted by Crippen LogP contribution is -2.25. The van der Waals surface area contributed by atoms with Crippen LogP contribution in [-0.2, 0) is 0 Å². The normalized spacial score (nSPS) is 22.8. The molecule has 0 aromatic heterocycles. The Balaban J connectivity index is 2.14. The first-order valence-corrected chi connectivity index (χ1v) is 6.27. The number of rotatable bonds is 4. The van der Waals surface area contributed by atoms with Crippen molar-refractivity contribution in [3.8, 4) is 11.5 Å². The molecule has 0 saturated heterocycles. The molecule has 0 radical (unpaired) electrons. The Kier molecular flexibility index (Phi) is 3.89. The van der Waals surface area contributed by atoms with E-state index in [1.807, 2.05) is 18.2 Å². The zero-order valence-electron chi connectivity index (χ0n) is 10.5. The van der Waals surface area contributed by atoms with Crippen LogP contribution in [0.25, 0.3) is 0 Å². The van der Waals surface area contributed by atoms with E-state index in [9.17, 15) is 5.11 Å². The molecule has 2 atom stereocenters. The lowest BCUT2D eigenvalue weighted by molar-refractivity contribution is 0.0604. The maximum Gasteiger partial charge on any atom is 0.125 e. The van der Waals surface area contributed by atoms with Crippen LogP contribution in [0.15, 0.2) is 18.2 Å². The van der Waals surface area contributed by atoms with Gasteiger partial charge in [-0.3, -0.25) is 0 Å². The molecule has 3 nitrogen and oxygen atoms in total. The van der Waals surface area contributed by atoms with Gasteiger partial charge < -0.3 is 14.6 Å². The first-order valence-electron chi connectivity index (χ1n) is 6.27. The smallest absolute Gasteiger partial charge is 0.125 e. The van der Waals surface area contributed by atoms with Crippen LogP contribution in [-0.4, -0.2) is 18.3 Å². The van der Waals surface area contributed by atoms with Crippen LogP contribution in [0.1, 0.15) is 44.3 Å². The van der Waals surface area contributed by atoms with E-state index in [1.165, 1.54) is 0 Å². The van der Waals surface area contributed by atoms with Crippen molar-refractivity contribution in [2.75, 3.05) is 7.11 Å². The summed E-state index contributed by atoms with van der Waals surface area (Å²) in [5.41, 5.74) is 0.845. The third kappa shape index (κ3) is 2.72.